The molecule has 1 aliphatic carbocycles. The first-order valence-electron chi connectivity index (χ1n) is 11.3. The van der Waals surface area contributed by atoms with Gasteiger partial charge in [0.25, 0.3) is 0 Å². The Labute approximate surface area is 185 Å². The summed E-state index contributed by atoms with van der Waals surface area (Å²) < 4.78 is 5.33. The van der Waals surface area contributed by atoms with Crippen molar-refractivity contribution in [3.63, 3.8) is 0 Å². The van der Waals surface area contributed by atoms with Crippen LogP contribution in [0.5, 0.6) is 0 Å². The van der Waals surface area contributed by atoms with E-state index in [1.165, 1.54) is 25.6 Å². The molecule has 0 radical (unpaired) electrons. The van der Waals surface area contributed by atoms with Crippen molar-refractivity contribution in [1.29, 1.82) is 0 Å². The van der Waals surface area contributed by atoms with E-state index in [1.54, 1.807) is 34.0 Å². The topological polar surface area (TPSA) is 128 Å². The van der Waals surface area contributed by atoms with Gasteiger partial charge in [0.05, 0.1) is 18.5 Å². The van der Waals surface area contributed by atoms with Gasteiger partial charge >= 0.3 is 6.09 Å². The molecule has 0 bridgehead atoms. The molecule has 9 heteroatoms. The van der Waals surface area contributed by atoms with Gasteiger partial charge in [0, 0.05) is 24.9 Å². The second kappa shape index (κ2) is 12.0. The van der Waals surface area contributed by atoms with Crippen LogP contribution in [0.15, 0.2) is 12.5 Å². The SMILES string of the molecule is CNC[C@H](O)[C@H](CC1CCCCC1)NC(=O)[C@H](Cc1cnc[nH]1)NC(=O)OC(C)(C)C. The molecular formula is C22H39N5O4. The van der Waals surface area contributed by atoms with Crippen LogP contribution in [-0.4, -0.2) is 64.5 Å². The Hall–Kier alpha value is -2.13. The van der Waals surface area contributed by atoms with Gasteiger partial charge in [-0.1, -0.05) is 32.1 Å². The summed E-state index contributed by atoms with van der Waals surface area (Å²) in [4.78, 5) is 32.5. The molecule has 9 nitrogen and oxygen atoms in total. The van der Waals surface area contributed by atoms with E-state index in [9.17, 15) is 14.7 Å². The number of aromatic nitrogens is 2. The maximum Gasteiger partial charge on any atom is 0.408 e. The molecule has 176 valence electrons. The second-order valence-corrected chi connectivity index (χ2v) is 9.46. The average Bonchev–Trinajstić information content (AvgIpc) is 3.19. The van der Waals surface area contributed by atoms with Gasteiger partial charge in [0.2, 0.25) is 5.91 Å². The first kappa shape index (κ1) is 25.1. The maximum absolute atomic E-state index is 13.2. The van der Waals surface area contributed by atoms with Crippen LogP contribution in [0, 0.1) is 5.92 Å². The molecule has 1 fully saturated rings. The zero-order valence-electron chi connectivity index (χ0n) is 19.2. The van der Waals surface area contributed by atoms with Crippen LogP contribution in [0.3, 0.4) is 0 Å². The average molecular weight is 438 g/mol. The van der Waals surface area contributed by atoms with E-state index in [0.717, 1.165) is 25.0 Å². The molecular weight excluding hydrogens is 398 g/mol. The molecule has 0 aliphatic heterocycles. The number of nitrogens with zero attached hydrogens (tertiary/aromatic N) is 1. The Morgan fingerprint density at radius 2 is 1.97 bits per heavy atom. The Balaban J connectivity index is 2.09. The Morgan fingerprint density at radius 3 is 2.55 bits per heavy atom. The van der Waals surface area contributed by atoms with Crippen molar-refractivity contribution in [2.24, 2.45) is 5.92 Å². The normalized spacial score (nSPS) is 18.1. The third-order valence-corrected chi connectivity index (χ3v) is 5.50. The number of aromatic amines is 1. The van der Waals surface area contributed by atoms with E-state index in [4.69, 9.17) is 4.74 Å². The summed E-state index contributed by atoms with van der Waals surface area (Å²) in [6.07, 6.45) is 8.59. The number of amides is 2. The summed E-state index contributed by atoms with van der Waals surface area (Å²) in [6, 6.07) is -1.25. The van der Waals surface area contributed by atoms with Crippen LogP contribution in [0.2, 0.25) is 0 Å². The third-order valence-electron chi connectivity index (χ3n) is 5.50. The molecule has 2 rings (SSSR count). The van der Waals surface area contributed by atoms with Gasteiger partial charge in [-0.15, -0.1) is 0 Å². The second-order valence-electron chi connectivity index (χ2n) is 9.46. The van der Waals surface area contributed by atoms with E-state index in [-0.39, 0.29) is 12.3 Å². The predicted molar refractivity (Wildman–Crippen MR) is 119 cm³/mol. The number of rotatable bonds is 10. The van der Waals surface area contributed by atoms with Crippen LogP contribution in [0.25, 0.3) is 0 Å². The quantitative estimate of drug-likeness (QED) is 0.380. The maximum atomic E-state index is 13.2. The fourth-order valence-electron chi connectivity index (χ4n) is 4.00. The zero-order chi connectivity index (χ0) is 22.9. The summed E-state index contributed by atoms with van der Waals surface area (Å²) in [5.74, 6) is 0.131. The fraction of sp³-hybridized carbons (Fsp3) is 0.773. The molecule has 31 heavy (non-hydrogen) atoms. The highest BCUT2D eigenvalue weighted by atomic mass is 16.6. The minimum Gasteiger partial charge on any atom is -0.444 e. The van der Waals surface area contributed by atoms with Crippen molar-refractivity contribution in [2.75, 3.05) is 13.6 Å². The number of carbonyl (C=O) groups excluding carboxylic acids is 2. The first-order valence-corrected chi connectivity index (χ1v) is 11.3. The standard InChI is InChI=1S/C22H39N5O4/c1-22(2,3)31-21(30)27-18(11-16-12-24-14-25-16)20(29)26-17(19(28)13-23-4)10-15-8-6-5-7-9-15/h12,14-15,17-19,23,28H,5-11,13H2,1-4H3,(H,24,25)(H,26,29)(H,27,30)/t17-,18-,19-/m0/s1. The summed E-state index contributed by atoms with van der Waals surface area (Å²) in [6.45, 7) is 5.68. The lowest BCUT2D eigenvalue weighted by Gasteiger charge is -2.31. The van der Waals surface area contributed by atoms with E-state index >= 15 is 0 Å². The molecule has 0 spiro atoms. The number of imidazole rings is 1. The molecule has 3 atom stereocenters. The highest BCUT2D eigenvalue weighted by molar-refractivity contribution is 5.86. The van der Waals surface area contributed by atoms with Crippen LogP contribution >= 0.6 is 0 Å². The molecule has 1 aromatic rings. The number of hydrogen-bond acceptors (Lipinski definition) is 6. The largest absolute Gasteiger partial charge is 0.444 e. The van der Waals surface area contributed by atoms with Crippen LogP contribution in [0.1, 0.15) is 65.0 Å². The lowest BCUT2D eigenvalue weighted by Crippen LogP contribution is -2.55. The van der Waals surface area contributed by atoms with Crippen molar-refractivity contribution < 1.29 is 19.4 Å². The van der Waals surface area contributed by atoms with E-state index in [0.29, 0.717) is 12.5 Å². The van der Waals surface area contributed by atoms with Crippen LogP contribution in [0.4, 0.5) is 4.79 Å². The fourth-order valence-corrected chi connectivity index (χ4v) is 4.00. The highest BCUT2D eigenvalue weighted by Crippen LogP contribution is 2.28. The number of alkyl carbamates (subject to hydrolysis) is 1. The summed E-state index contributed by atoms with van der Waals surface area (Å²) >= 11 is 0. The van der Waals surface area contributed by atoms with E-state index < -0.39 is 29.9 Å². The van der Waals surface area contributed by atoms with Crippen molar-refractivity contribution in [3.8, 4) is 0 Å². The minimum atomic E-state index is -0.856. The number of likely N-dealkylation sites (N-methyl/N-ethyl adjacent to an activating group) is 1. The van der Waals surface area contributed by atoms with E-state index in [1.807, 2.05) is 0 Å². The van der Waals surface area contributed by atoms with Gasteiger partial charge in [0.15, 0.2) is 0 Å². The molecule has 0 saturated heterocycles. The van der Waals surface area contributed by atoms with Gasteiger partial charge in [-0.2, -0.15) is 0 Å². The smallest absolute Gasteiger partial charge is 0.408 e. The zero-order valence-corrected chi connectivity index (χ0v) is 19.2. The van der Waals surface area contributed by atoms with Crippen molar-refractivity contribution >= 4 is 12.0 Å². The van der Waals surface area contributed by atoms with Gasteiger partial charge in [-0.25, -0.2) is 9.78 Å². The first-order chi connectivity index (χ1) is 14.7. The minimum absolute atomic E-state index is 0.239. The third kappa shape index (κ3) is 9.26. The molecule has 1 aliphatic rings. The predicted octanol–water partition coefficient (Wildman–Crippen LogP) is 1.88. The van der Waals surface area contributed by atoms with Crippen molar-refractivity contribution in [2.45, 2.75) is 89.5 Å². The van der Waals surface area contributed by atoms with E-state index in [2.05, 4.69) is 25.9 Å². The summed E-state index contributed by atoms with van der Waals surface area (Å²) in [5, 5.41) is 19.3. The molecule has 0 aromatic carbocycles. The van der Waals surface area contributed by atoms with Crippen LogP contribution < -0.4 is 16.0 Å². The molecule has 5 N–H and O–H groups in total. The number of ether oxygens (including phenoxy) is 1. The lowest BCUT2D eigenvalue weighted by atomic mass is 9.83. The Bertz CT molecular complexity index is 668. The Kier molecular flexibility index (Phi) is 9.77. The Morgan fingerprint density at radius 1 is 1.26 bits per heavy atom. The van der Waals surface area contributed by atoms with Gasteiger partial charge in [-0.3, -0.25) is 4.79 Å². The highest BCUT2D eigenvalue weighted by Gasteiger charge is 2.30. The number of hydrogen-bond donors (Lipinski definition) is 5. The summed E-state index contributed by atoms with van der Waals surface area (Å²) in [7, 11) is 1.77. The van der Waals surface area contributed by atoms with Crippen LogP contribution in [-0.2, 0) is 16.0 Å². The summed E-state index contributed by atoms with van der Waals surface area (Å²) in [5.41, 5.74) is 0.0433. The number of nitrogens with one attached hydrogen (secondary N) is 4. The van der Waals surface area contributed by atoms with Gasteiger partial charge in [-0.05, 0) is 40.2 Å². The molecule has 0 unspecified atom stereocenters. The van der Waals surface area contributed by atoms with Crippen molar-refractivity contribution in [3.05, 3.63) is 18.2 Å². The number of H-pyrrole nitrogens is 1. The number of aliphatic hydroxyl groups excluding tert-OH is 1. The molecule has 1 heterocycles. The van der Waals surface area contributed by atoms with Gasteiger partial charge < -0.3 is 30.8 Å². The monoisotopic (exact) mass is 437 g/mol. The lowest BCUT2D eigenvalue weighted by molar-refractivity contribution is -0.125. The molecule has 1 saturated carbocycles. The number of aliphatic hydroxyl groups is 1. The van der Waals surface area contributed by atoms with Gasteiger partial charge in [0.1, 0.15) is 11.6 Å². The molecule has 1 aromatic heterocycles. The molecule has 2 amide bonds. The van der Waals surface area contributed by atoms with Crippen molar-refractivity contribution in [1.82, 2.24) is 25.9 Å². The number of carbonyl (C=O) groups is 2.